The van der Waals surface area contributed by atoms with E-state index in [-0.39, 0.29) is 18.2 Å². The highest BCUT2D eigenvalue weighted by molar-refractivity contribution is 9.10. The second-order valence-electron chi connectivity index (χ2n) is 5.34. The summed E-state index contributed by atoms with van der Waals surface area (Å²) in [6.45, 7) is 0. The molecular weight excluding hydrogens is 430 g/mol. The molecule has 0 spiro atoms. The molecule has 0 aliphatic carbocycles. The molecule has 0 unspecified atom stereocenters. The number of nitrogens with one attached hydrogen (secondary N) is 2. The van der Waals surface area contributed by atoms with Gasteiger partial charge in [-0.05, 0) is 29.8 Å². The van der Waals surface area contributed by atoms with Crippen LogP contribution < -0.4 is 10.7 Å². The van der Waals surface area contributed by atoms with Crippen molar-refractivity contribution < 1.29 is 9.59 Å². The molecule has 2 amide bonds. The Kier molecular flexibility index (Phi) is 6.39. The molecule has 27 heavy (non-hydrogen) atoms. The standard InChI is InChI=1S/C18H14BrN5O2S/c19-14-8-6-12(7-9-14)11-20-22-15(25)10-16-23-24-18(27-16)21-17(26)13-4-2-1-3-5-13/h1-9,11H,10H2,(H,22,25)(H,21,24,26)/b20-11+. The van der Waals surface area contributed by atoms with Gasteiger partial charge in [0.1, 0.15) is 5.01 Å². The summed E-state index contributed by atoms with van der Waals surface area (Å²) in [7, 11) is 0. The van der Waals surface area contributed by atoms with Crippen molar-refractivity contribution in [1.29, 1.82) is 0 Å². The Morgan fingerprint density at radius 2 is 1.81 bits per heavy atom. The minimum absolute atomic E-state index is 0.0244. The van der Waals surface area contributed by atoms with Gasteiger partial charge >= 0.3 is 0 Å². The van der Waals surface area contributed by atoms with Gasteiger partial charge in [0.15, 0.2) is 0 Å². The first kappa shape index (κ1) is 18.9. The summed E-state index contributed by atoms with van der Waals surface area (Å²) in [5.74, 6) is -0.595. The Balaban J connectivity index is 1.50. The average molecular weight is 444 g/mol. The van der Waals surface area contributed by atoms with Crippen molar-refractivity contribution in [3.63, 3.8) is 0 Å². The number of halogens is 1. The van der Waals surface area contributed by atoms with Crippen LogP contribution in [0, 0.1) is 0 Å². The van der Waals surface area contributed by atoms with Crippen molar-refractivity contribution in [1.82, 2.24) is 15.6 Å². The van der Waals surface area contributed by atoms with Crippen LogP contribution in [-0.2, 0) is 11.2 Å². The van der Waals surface area contributed by atoms with Crippen molar-refractivity contribution >= 4 is 50.4 Å². The fraction of sp³-hybridized carbons (Fsp3) is 0.0556. The Morgan fingerprint density at radius 1 is 1.07 bits per heavy atom. The van der Waals surface area contributed by atoms with E-state index in [0.717, 1.165) is 21.4 Å². The lowest BCUT2D eigenvalue weighted by molar-refractivity contribution is -0.120. The molecule has 136 valence electrons. The Hall–Kier alpha value is -2.91. The molecule has 3 aromatic rings. The maximum atomic E-state index is 12.1. The fourth-order valence-corrected chi connectivity index (χ4v) is 3.04. The Bertz CT molecular complexity index is 957. The van der Waals surface area contributed by atoms with Crippen LogP contribution in [0.1, 0.15) is 20.9 Å². The molecule has 0 saturated carbocycles. The number of anilines is 1. The van der Waals surface area contributed by atoms with E-state index in [1.54, 1.807) is 30.5 Å². The van der Waals surface area contributed by atoms with Gasteiger partial charge in [-0.3, -0.25) is 14.9 Å². The fourth-order valence-electron chi connectivity index (χ4n) is 2.04. The average Bonchev–Trinajstić information content (AvgIpc) is 3.10. The molecule has 2 aromatic carbocycles. The van der Waals surface area contributed by atoms with E-state index < -0.39 is 0 Å². The van der Waals surface area contributed by atoms with Crippen LogP contribution >= 0.6 is 27.3 Å². The van der Waals surface area contributed by atoms with Crippen molar-refractivity contribution in [2.45, 2.75) is 6.42 Å². The highest BCUT2D eigenvalue weighted by Gasteiger charge is 2.12. The number of hydrogen-bond acceptors (Lipinski definition) is 6. The molecule has 0 atom stereocenters. The number of benzene rings is 2. The minimum atomic E-state index is -0.319. The largest absolute Gasteiger partial charge is 0.296 e. The van der Waals surface area contributed by atoms with E-state index in [1.165, 1.54) is 0 Å². The van der Waals surface area contributed by atoms with Gasteiger partial charge in [-0.15, -0.1) is 10.2 Å². The zero-order valence-electron chi connectivity index (χ0n) is 13.9. The topological polar surface area (TPSA) is 96.3 Å². The number of carbonyl (C=O) groups is 2. The number of aromatic nitrogens is 2. The molecule has 0 fully saturated rings. The summed E-state index contributed by atoms with van der Waals surface area (Å²) in [5.41, 5.74) is 3.82. The third kappa shape index (κ3) is 5.80. The van der Waals surface area contributed by atoms with E-state index in [4.69, 9.17) is 0 Å². The van der Waals surface area contributed by atoms with E-state index in [0.29, 0.717) is 15.7 Å². The van der Waals surface area contributed by atoms with Gasteiger partial charge in [0.25, 0.3) is 5.91 Å². The van der Waals surface area contributed by atoms with Gasteiger partial charge in [0.05, 0.1) is 12.6 Å². The quantitative estimate of drug-likeness (QED) is 0.451. The normalized spacial score (nSPS) is 10.7. The van der Waals surface area contributed by atoms with Gasteiger partial charge < -0.3 is 0 Å². The van der Waals surface area contributed by atoms with Crippen LogP contribution in [0.3, 0.4) is 0 Å². The lowest BCUT2D eigenvalue weighted by Crippen LogP contribution is -2.19. The summed E-state index contributed by atoms with van der Waals surface area (Å²) in [6.07, 6.45) is 1.58. The highest BCUT2D eigenvalue weighted by atomic mass is 79.9. The van der Waals surface area contributed by atoms with Gasteiger partial charge in [-0.2, -0.15) is 5.10 Å². The lowest BCUT2D eigenvalue weighted by atomic mass is 10.2. The zero-order chi connectivity index (χ0) is 19.1. The monoisotopic (exact) mass is 443 g/mol. The lowest BCUT2D eigenvalue weighted by Gasteiger charge is -1.99. The number of nitrogens with zero attached hydrogens (tertiary/aromatic N) is 3. The summed E-state index contributed by atoms with van der Waals surface area (Å²) < 4.78 is 0.968. The molecule has 2 N–H and O–H groups in total. The molecule has 7 nitrogen and oxygen atoms in total. The Morgan fingerprint density at radius 3 is 2.56 bits per heavy atom. The van der Waals surface area contributed by atoms with Crippen LogP contribution in [-0.4, -0.2) is 28.2 Å². The maximum absolute atomic E-state index is 12.1. The SMILES string of the molecule is O=C(Cc1nnc(NC(=O)c2ccccc2)s1)N/N=C/c1ccc(Br)cc1. The molecule has 3 rings (SSSR count). The maximum Gasteiger partial charge on any atom is 0.257 e. The summed E-state index contributed by atoms with van der Waals surface area (Å²) in [6, 6.07) is 16.3. The smallest absolute Gasteiger partial charge is 0.257 e. The van der Waals surface area contributed by atoms with Gasteiger partial charge in [-0.1, -0.05) is 57.6 Å². The number of hydrogen-bond donors (Lipinski definition) is 2. The first-order chi connectivity index (χ1) is 13.1. The first-order valence-corrected chi connectivity index (χ1v) is 9.47. The van der Waals surface area contributed by atoms with E-state index in [2.05, 4.69) is 42.0 Å². The summed E-state index contributed by atoms with van der Waals surface area (Å²) in [4.78, 5) is 24.0. The number of rotatable bonds is 6. The second kappa shape index (κ2) is 9.15. The van der Waals surface area contributed by atoms with Gasteiger partial charge in [-0.25, -0.2) is 5.43 Å². The molecule has 0 aliphatic rings. The predicted octanol–water partition coefficient (Wildman–Crippen LogP) is 3.25. The third-order valence-corrected chi connectivity index (χ3v) is 4.68. The molecule has 0 bridgehead atoms. The number of carbonyl (C=O) groups excluding carboxylic acids is 2. The first-order valence-electron chi connectivity index (χ1n) is 7.86. The number of hydrazone groups is 1. The summed E-state index contributed by atoms with van der Waals surface area (Å²) >= 11 is 4.50. The molecule has 9 heteroatoms. The molecule has 1 aromatic heterocycles. The summed E-state index contributed by atoms with van der Waals surface area (Å²) in [5, 5.41) is 15.2. The predicted molar refractivity (Wildman–Crippen MR) is 108 cm³/mol. The number of amides is 2. The molecular formula is C18H14BrN5O2S. The van der Waals surface area contributed by atoms with Crippen LogP contribution in [0.2, 0.25) is 0 Å². The van der Waals surface area contributed by atoms with Crippen LogP contribution in [0.15, 0.2) is 64.2 Å². The van der Waals surface area contributed by atoms with Crippen molar-refractivity contribution in [2.75, 3.05) is 5.32 Å². The Labute approximate surface area is 167 Å². The van der Waals surface area contributed by atoms with Crippen LogP contribution in [0.25, 0.3) is 0 Å². The van der Waals surface area contributed by atoms with Gasteiger partial charge in [0, 0.05) is 10.0 Å². The molecule has 0 saturated heterocycles. The van der Waals surface area contributed by atoms with Crippen molar-refractivity contribution in [3.8, 4) is 0 Å². The van der Waals surface area contributed by atoms with Crippen molar-refractivity contribution in [3.05, 3.63) is 75.2 Å². The van der Waals surface area contributed by atoms with E-state index in [9.17, 15) is 9.59 Å². The van der Waals surface area contributed by atoms with E-state index >= 15 is 0 Å². The molecule has 0 radical (unpaired) electrons. The van der Waals surface area contributed by atoms with Crippen molar-refractivity contribution in [2.24, 2.45) is 5.10 Å². The highest BCUT2D eigenvalue weighted by Crippen LogP contribution is 2.16. The van der Waals surface area contributed by atoms with Crippen LogP contribution in [0.4, 0.5) is 5.13 Å². The zero-order valence-corrected chi connectivity index (χ0v) is 16.3. The second-order valence-corrected chi connectivity index (χ2v) is 7.32. The van der Waals surface area contributed by atoms with Gasteiger partial charge in [0.2, 0.25) is 11.0 Å². The minimum Gasteiger partial charge on any atom is -0.296 e. The van der Waals surface area contributed by atoms with Crippen LogP contribution in [0.5, 0.6) is 0 Å². The molecule has 0 aliphatic heterocycles. The van der Waals surface area contributed by atoms with E-state index in [1.807, 2.05) is 30.3 Å². The molecule has 1 heterocycles. The third-order valence-electron chi connectivity index (χ3n) is 3.31.